The Morgan fingerprint density at radius 2 is 1.74 bits per heavy atom. The largest absolute Gasteiger partial charge is 0.490 e. The number of ether oxygens (including phenoxy) is 1. The zero-order valence-electron chi connectivity index (χ0n) is 21.7. The molecular formula is C26H32F4N4O5. The third-order valence-electron chi connectivity index (χ3n) is 5.98. The number of likely N-dealkylation sites (tertiary alicyclic amines) is 1. The molecule has 9 nitrogen and oxygen atoms in total. The summed E-state index contributed by atoms with van der Waals surface area (Å²) in [4.78, 5) is 41.9. The fraction of sp³-hybridized carbons (Fsp3) is 0.462. The van der Waals surface area contributed by atoms with Crippen LogP contribution in [0.5, 0.6) is 0 Å². The molecule has 214 valence electrons. The van der Waals surface area contributed by atoms with Gasteiger partial charge in [-0.05, 0) is 67.7 Å². The van der Waals surface area contributed by atoms with Crippen LogP contribution in [0.4, 0.5) is 22.4 Å². The number of aliphatic carboxylic acids is 1. The molecule has 3 rings (SSSR count). The van der Waals surface area contributed by atoms with E-state index in [0.717, 1.165) is 37.2 Å². The van der Waals surface area contributed by atoms with Crippen LogP contribution < -0.4 is 5.32 Å². The van der Waals surface area contributed by atoms with Gasteiger partial charge in [0.2, 0.25) is 0 Å². The lowest BCUT2D eigenvalue weighted by Gasteiger charge is -2.33. The lowest BCUT2D eigenvalue weighted by molar-refractivity contribution is -0.192. The number of urea groups is 1. The zero-order chi connectivity index (χ0) is 29.0. The van der Waals surface area contributed by atoms with E-state index in [-0.39, 0.29) is 17.6 Å². The second-order valence-corrected chi connectivity index (χ2v) is 9.08. The number of hydrogen-bond acceptors (Lipinski definition) is 6. The number of carboxylic acid groups (broad SMARTS) is 1. The molecule has 0 radical (unpaired) electrons. The minimum atomic E-state index is -5.08. The van der Waals surface area contributed by atoms with E-state index in [4.69, 9.17) is 14.6 Å². The van der Waals surface area contributed by atoms with Crippen molar-refractivity contribution in [2.75, 3.05) is 40.3 Å². The number of carbonyl (C=O) groups excluding carboxylic acids is 2. The number of rotatable bonds is 9. The molecule has 13 heteroatoms. The molecule has 0 bridgehead atoms. The molecule has 39 heavy (non-hydrogen) atoms. The number of carbonyl (C=O) groups is 3. The minimum Gasteiger partial charge on any atom is -0.475 e. The minimum absolute atomic E-state index is 0.00434. The average Bonchev–Trinajstić information content (AvgIpc) is 2.89. The van der Waals surface area contributed by atoms with E-state index in [9.17, 15) is 27.2 Å². The van der Waals surface area contributed by atoms with E-state index in [1.165, 1.54) is 24.3 Å². The second-order valence-electron chi connectivity index (χ2n) is 9.08. The maximum atomic E-state index is 13.0. The predicted octanol–water partition coefficient (Wildman–Crippen LogP) is 3.74. The van der Waals surface area contributed by atoms with Crippen LogP contribution in [0.3, 0.4) is 0 Å². The highest BCUT2D eigenvalue weighted by Crippen LogP contribution is 2.19. The maximum absolute atomic E-state index is 13.0. The number of amides is 2. The Balaban J connectivity index is 0.000000673. The Hall–Kier alpha value is -3.58. The number of aromatic nitrogens is 1. The van der Waals surface area contributed by atoms with Crippen molar-refractivity contribution >= 4 is 17.8 Å². The molecule has 1 aliphatic heterocycles. The van der Waals surface area contributed by atoms with Gasteiger partial charge in [0, 0.05) is 39.0 Å². The molecule has 1 saturated heterocycles. The molecule has 2 N–H and O–H groups in total. The van der Waals surface area contributed by atoms with Crippen LogP contribution in [0, 0.1) is 11.7 Å². The van der Waals surface area contributed by atoms with Gasteiger partial charge < -0.3 is 20.1 Å². The van der Waals surface area contributed by atoms with Crippen molar-refractivity contribution in [3.63, 3.8) is 0 Å². The molecule has 1 aromatic carbocycles. The van der Waals surface area contributed by atoms with Gasteiger partial charge in [-0.3, -0.25) is 14.7 Å². The highest BCUT2D eigenvalue weighted by Gasteiger charge is 2.38. The molecule has 2 aromatic rings. The molecule has 1 fully saturated rings. The quantitative estimate of drug-likeness (QED) is 0.358. The number of hydrogen-bond donors (Lipinski definition) is 2. The van der Waals surface area contributed by atoms with Crippen LogP contribution in [-0.4, -0.2) is 84.2 Å². The SMILES string of the molecule is COCc1ccc(CNC(=O)N(C)CC2CCN(CC(=O)c3ccc(F)cc3)CC2)cn1.O=C(O)C(F)(F)F. The number of carboxylic acids is 1. The van der Waals surface area contributed by atoms with Crippen molar-refractivity contribution in [3.05, 3.63) is 65.2 Å². The molecule has 1 aromatic heterocycles. The van der Waals surface area contributed by atoms with Crippen molar-refractivity contribution in [2.45, 2.75) is 32.2 Å². The van der Waals surface area contributed by atoms with Crippen molar-refractivity contribution < 1.29 is 41.8 Å². The zero-order valence-corrected chi connectivity index (χ0v) is 21.7. The first kappa shape index (κ1) is 31.6. The maximum Gasteiger partial charge on any atom is 0.490 e. The number of nitrogens with zero attached hydrogens (tertiary/aromatic N) is 3. The Morgan fingerprint density at radius 1 is 1.13 bits per heavy atom. The van der Waals surface area contributed by atoms with Crippen LogP contribution in [0.1, 0.15) is 34.5 Å². The Bertz CT molecular complexity index is 1070. The van der Waals surface area contributed by atoms with Crippen molar-refractivity contribution in [3.8, 4) is 0 Å². The Kier molecular flexibility index (Phi) is 12.3. The summed E-state index contributed by atoms with van der Waals surface area (Å²) >= 11 is 0. The van der Waals surface area contributed by atoms with Gasteiger partial charge in [0.1, 0.15) is 5.82 Å². The monoisotopic (exact) mass is 556 g/mol. The number of pyridine rings is 1. The van der Waals surface area contributed by atoms with E-state index in [1.54, 1.807) is 25.3 Å². The molecule has 0 atom stereocenters. The third kappa shape index (κ3) is 11.4. The first-order valence-corrected chi connectivity index (χ1v) is 12.1. The average molecular weight is 557 g/mol. The molecule has 0 unspecified atom stereocenters. The summed E-state index contributed by atoms with van der Waals surface area (Å²) in [7, 11) is 3.43. The number of ketones is 1. The Labute approximate surface area is 223 Å². The summed E-state index contributed by atoms with van der Waals surface area (Å²) < 4.78 is 49.8. The molecule has 2 amide bonds. The predicted molar refractivity (Wildman–Crippen MR) is 133 cm³/mol. The molecule has 0 spiro atoms. The van der Waals surface area contributed by atoms with E-state index < -0.39 is 12.1 Å². The standard InChI is InChI=1S/C24H31FN4O3.C2HF3O2/c1-28(24(31)27-14-19-3-8-22(17-32-2)26-13-19)15-18-9-11-29(12-10-18)16-23(30)20-4-6-21(25)7-5-20;3-2(4,5)1(6)7/h3-8,13,18H,9-12,14-17H2,1-2H3,(H,27,31);(H,6,7). The summed E-state index contributed by atoms with van der Waals surface area (Å²) in [6.45, 7) is 3.53. The first-order chi connectivity index (χ1) is 18.4. The second kappa shape index (κ2) is 15.1. The number of Topliss-reactive ketones (excluding diaryl/α,β-unsaturated/α-hetero) is 1. The fourth-order valence-electron chi connectivity index (χ4n) is 3.83. The van der Waals surface area contributed by atoms with E-state index in [0.29, 0.717) is 37.7 Å². The highest BCUT2D eigenvalue weighted by atomic mass is 19.4. The molecule has 2 heterocycles. The highest BCUT2D eigenvalue weighted by molar-refractivity contribution is 5.97. The van der Waals surface area contributed by atoms with Crippen molar-refractivity contribution in [1.29, 1.82) is 0 Å². The van der Waals surface area contributed by atoms with Gasteiger partial charge in [-0.15, -0.1) is 0 Å². The van der Waals surface area contributed by atoms with Gasteiger partial charge in [0.15, 0.2) is 5.78 Å². The lowest BCUT2D eigenvalue weighted by atomic mass is 9.96. The van der Waals surface area contributed by atoms with Gasteiger partial charge in [-0.2, -0.15) is 13.2 Å². The van der Waals surface area contributed by atoms with Gasteiger partial charge in [-0.25, -0.2) is 14.0 Å². The third-order valence-corrected chi connectivity index (χ3v) is 5.98. The van der Waals surface area contributed by atoms with Crippen LogP contribution in [-0.2, 0) is 22.7 Å². The summed E-state index contributed by atoms with van der Waals surface area (Å²) in [6.07, 6.45) is -1.48. The lowest BCUT2D eigenvalue weighted by Crippen LogP contribution is -2.43. The summed E-state index contributed by atoms with van der Waals surface area (Å²) in [6, 6.07) is 9.40. The number of halogens is 4. The van der Waals surface area contributed by atoms with Crippen LogP contribution >= 0.6 is 0 Å². The number of benzene rings is 1. The summed E-state index contributed by atoms with van der Waals surface area (Å²) in [5.41, 5.74) is 2.32. The van der Waals surface area contributed by atoms with Gasteiger partial charge in [0.25, 0.3) is 0 Å². The smallest absolute Gasteiger partial charge is 0.475 e. The van der Waals surface area contributed by atoms with Crippen LogP contribution in [0.15, 0.2) is 42.6 Å². The van der Waals surface area contributed by atoms with Gasteiger partial charge in [0.05, 0.1) is 18.8 Å². The molecule has 1 aliphatic rings. The number of alkyl halides is 3. The van der Waals surface area contributed by atoms with E-state index >= 15 is 0 Å². The van der Waals surface area contributed by atoms with Crippen molar-refractivity contribution in [2.24, 2.45) is 5.92 Å². The van der Waals surface area contributed by atoms with Gasteiger partial charge >= 0.3 is 18.2 Å². The normalized spacial score (nSPS) is 14.2. The van der Waals surface area contributed by atoms with Crippen LogP contribution in [0.25, 0.3) is 0 Å². The Morgan fingerprint density at radius 3 is 2.26 bits per heavy atom. The number of nitrogens with one attached hydrogen (secondary N) is 1. The van der Waals surface area contributed by atoms with E-state index in [1.807, 2.05) is 12.1 Å². The first-order valence-electron chi connectivity index (χ1n) is 12.1. The number of methoxy groups -OCH3 is 1. The summed E-state index contributed by atoms with van der Waals surface area (Å²) in [5.74, 6) is -2.69. The topological polar surface area (TPSA) is 112 Å². The molecule has 0 saturated carbocycles. The van der Waals surface area contributed by atoms with Gasteiger partial charge in [-0.1, -0.05) is 6.07 Å². The summed E-state index contributed by atoms with van der Waals surface area (Å²) in [5, 5.41) is 10.1. The van der Waals surface area contributed by atoms with E-state index in [2.05, 4.69) is 15.2 Å². The molecule has 0 aliphatic carbocycles. The molecular weight excluding hydrogens is 524 g/mol. The number of piperidine rings is 1. The fourth-order valence-corrected chi connectivity index (χ4v) is 3.83. The van der Waals surface area contributed by atoms with Crippen molar-refractivity contribution in [1.82, 2.24) is 20.1 Å². The van der Waals surface area contributed by atoms with Crippen LogP contribution in [0.2, 0.25) is 0 Å².